The number of rotatable bonds is 5. The van der Waals surface area contributed by atoms with Gasteiger partial charge in [-0.05, 0) is 54.4 Å². The Morgan fingerprint density at radius 2 is 2.09 bits per heavy atom. The molecule has 1 nitrogen and oxygen atoms in total. The van der Waals surface area contributed by atoms with Crippen molar-refractivity contribution in [2.75, 3.05) is 0 Å². The number of unbranched alkanes of at least 4 members (excludes halogenated alkanes) is 1. The number of nitrogens with zero attached hydrogens (tertiary/aromatic N) is 1. The van der Waals surface area contributed by atoms with Crippen LogP contribution < -0.4 is 0 Å². The van der Waals surface area contributed by atoms with Gasteiger partial charge in [-0.3, -0.25) is 0 Å². The molecule has 2 unspecified atom stereocenters. The Bertz CT molecular complexity index is 607. The molecule has 0 bridgehead atoms. The second-order valence-corrected chi connectivity index (χ2v) is 7.23. The Kier molecular flexibility index (Phi) is 4.52. The molecule has 0 N–H and O–H groups in total. The molecule has 1 aromatic carbocycles. The topological polar surface area (TPSA) is 3.24 Å². The monoisotopic (exact) mass is 313 g/mol. The first-order chi connectivity index (χ1) is 10.6. The summed E-state index contributed by atoms with van der Waals surface area (Å²) in [6.07, 6.45) is 7.91. The molecule has 1 aliphatic heterocycles. The van der Waals surface area contributed by atoms with Crippen LogP contribution in [0.1, 0.15) is 68.7 Å². The lowest BCUT2D eigenvalue weighted by molar-refractivity contribution is 0.297. The van der Waals surface area contributed by atoms with E-state index in [2.05, 4.69) is 56.4 Å². The van der Waals surface area contributed by atoms with Gasteiger partial charge in [-0.2, -0.15) is 11.5 Å². The summed E-state index contributed by atoms with van der Waals surface area (Å²) in [5, 5.41) is 0. The van der Waals surface area contributed by atoms with Crippen LogP contribution in [0, 0.1) is 0 Å². The quantitative estimate of drug-likeness (QED) is 0.390. The Labute approximate surface area is 140 Å². The van der Waals surface area contributed by atoms with E-state index < -0.39 is 0 Å². The lowest BCUT2D eigenvalue weighted by Crippen LogP contribution is -2.46. The first-order valence-corrected chi connectivity index (χ1v) is 8.87. The van der Waals surface area contributed by atoms with E-state index in [9.17, 15) is 0 Å². The second-order valence-electron chi connectivity index (χ2n) is 6.81. The zero-order chi connectivity index (χ0) is 15.9. The number of hydrogen-bond donors (Lipinski definition) is 0. The summed E-state index contributed by atoms with van der Waals surface area (Å²) >= 11 is 6.87. The zero-order valence-electron chi connectivity index (χ0n) is 13.8. The highest BCUT2D eigenvalue weighted by Crippen LogP contribution is 2.49. The van der Waals surface area contributed by atoms with E-state index in [4.69, 9.17) is 11.5 Å². The van der Waals surface area contributed by atoms with Crippen LogP contribution >= 0.6 is 11.5 Å². The highest BCUT2D eigenvalue weighted by molar-refractivity contribution is 7.16. The molecular formula is C19H25BClN. The van der Waals surface area contributed by atoms with Gasteiger partial charge in [0.2, 0.25) is 0 Å². The largest absolute Gasteiger partial charge is 0.365 e. The van der Waals surface area contributed by atoms with Crippen LogP contribution in [-0.4, -0.2) is 17.1 Å². The molecule has 0 spiro atoms. The van der Waals surface area contributed by atoms with E-state index in [1.54, 1.807) is 0 Å². The summed E-state index contributed by atoms with van der Waals surface area (Å²) in [7, 11) is 0. The minimum Gasteiger partial charge on any atom is -0.316 e. The van der Waals surface area contributed by atoms with Gasteiger partial charge in [-0.1, -0.05) is 44.2 Å². The Balaban J connectivity index is 2.01. The average Bonchev–Trinajstić information content (AvgIpc) is 2.85. The van der Waals surface area contributed by atoms with E-state index in [-0.39, 0.29) is 6.26 Å². The van der Waals surface area contributed by atoms with E-state index in [1.165, 1.54) is 35.0 Å². The molecular weight excluding hydrogens is 288 g/mol. The third-order valence-electron chi connectivity index (χ3n) is 5.13. The van der Waals surface area contributed by atoms with Crippen LogP contribution in [0.15, 0.2) is 36.9 Å². The maximum absolute atomic E-state index is 6.87. The van der Waals surface area contributed by atoms with Gasteiger partial charge in [0.15, 0.2) is 0 Å². The maximum Gasteiger partial charge on any atom is 0.365 e. The molecule has 0 saturated heterocycles. The molecule has 3 heteroatoms. The normalized spacial score (nSPS) is 23.7. The average molecular weight is 314 g/mol. The van der Waals surface area contributed by atoms with Crippen molar-refractivity contribution in [3.63, 3.8) is 0 Å². The van der Waals surface area contributed by atoms with Crippen LogP contribution in [0.3, 0.4) is 0 Å². The summed E-state index contributed by atoms with van der Waals surface area (Å²) in [5.41, 5.74) is 5.70. The minimum atomic E-state index is -0.00643. The Morgan fingerprint density at radius 1 is 1.36 bits per heavy atom. The third-order valence-corrected chi connectivity index (χ3v) is 5.59. The summed E-state index contributed by atoms with van der Waals surface area (Å²) in [5.74, 6) is 0.519. The molecule has 1 heterocycles. The summed E-state index contributed by atoms with van der Waals surface area (Å²) in [6.45, 7) is 10.6. The smallest absolute Gasteiger partial charge is 0.316 e. The first-order valence-electron chi connectivity index (χ1n) is 8.43. The number of allylic oxidation sites excluding steroid dienone is 2. The maximum atomic E-state index is 6.87. The minimum absolute atomic E-state index is 0.00643. The van der Waals surface area contributed by atoms with Gasteiger partial charge < -0.3 is 4.81 Å². The van der Waals surface area contributed by atoms with Crippen molar-refractivity contribution in [2.45, 2.75) is 58.0 Å². The molecule has 2 aliphatic rings. The van der Waals surface area contributed by atoms with Crippen LogP contribution in [0.4, 0.5) is 0 Å². The van der Waals surface area contributed by atoms with E-state index >= 15 is 0 Å². The van der Waals surface area contributed by atoms with Crippen molar-refractivity contribution >= 4 is 23.2 Å². The SMILES string of the molecule is C=CCCCC1C=C2B(Cl)N(C(C)C)C(C)c3cccc1c32. The van der Waals surface area contributed by atoms with E-state index in [0.29, 0.717) is 18.0 Å². The lowest BCUT2D eigenvalue weighted by atomic mass is 9.67. The van der Waals surface area contributed by atoms with Gasteiger partial charge in [-0.25, -0.2) is 0 Å². The fraction of sp³-hybridized carbons (Fsp3) is 0.474. The van der Waals surface area contributed by atoms with Crippen molar-refractivity contribution < 1.29 is 0 Å². The lowest BCUT2D eigenvalue weighted by Gasteiger charge is -2.41. The fourth-order valence-electron chi connectivity index (χ4n) is 4.12. The summed E-state index contributed by atoms with van der Waals surface area (Å²) < 4.78 is 0. The first kappa shape index (κ1) is 15.9. The van der Waals surface area contributed by atoms with Gasteiger partial charge in [0.25, 0.3) is 0 Å². The van der Waals surface area contributed by atoms with Crippen molar-refractivity contribution in [3.05, 3.63) is 53.6 Å². The van der Waals surface area contributed by atoms with Crippen molar-refractivity contribution in [1.82, 2.24) is 4.81 Å². The van der Waals surface area contributed by atoms with E-state index in [1.807, 2.05) is 6.08 Å². The molecule has 1 aliphatic carbocycles. The van der Waals surface area contributed by atoms with Crippen molar-refractivity contribution in [3.8, 4) is 0 Å². The Morgan fingerprint density at radius 3 is 2.77 bits per heavy atom. The van der Waals surface area contributed by atoms with Crippen molar-refractivity contribution in [1.29, 1.82) is 0 Å². The van der Waals surface area contributed by atoms with E-state index in [0.717, 1.165) is 6.42 Å². The van der Waals surface area contributed by atoms with Gasteiger partial charge >= 0.3 is 6.26 Å². The van der Waals surface area contributed by atoms with Gasteiger partial charge in [0.05, 0.1) is 0 Å². The standard InChI is InChI=1S/C19H25BClN/c1-5-6-7-9-15-12-18-19-16(10-8-11-17(15)19)14(4)22(13(2)3)20(18)21/h5,8,10-15H,1,6-7,9H2,2-4H3. The summed E-state index contributed by atoms with van der Waals surface area (Å²) in [6, 6.07) is 7.61. The second kappa shape index (κ2) is 6.25. The van der Waals surface area contributed by atoms with Crippen LogP contribution in [0.2, 0.25) is 0 Å². The van der Waals surface area contributed by atoms with Crippen LogP contribution in [0.5, 0.6) is 0 Å². The third kappa shape index (κ3) is 2.47. The molecule has 0 radical (unpaired) electrons. The number of benzene rings is 1. The van der Waals surface area contributed by atoms with Gasteiger partial charge in [-0.15, -0.1) is 6.58 Å². The molecule has 22 heavy (non-hydrogen) atoms. The van der Waals surface area contributed by atoms with Gasteiger partial charge in [0, 0.05) is 12.0 Å². The highest BCUT2D eigenvalue weighted by Gasteiger charge is 2.42. The van der Waals surface area contributed by atoms with Crippen molar-refractivity contribution in [2.24, 2.45) is 0 Å². The van der Waals surface area contributed by atoms with Crippen LogP contribution in [0.25, 0.3) is 5.47 Å². The van der Waals surface area contributed by atoms with Gasteiger partial charge in [0.1, 0.15) is 0 Å². The molecule has 2 atom stereocenters. The highest BCUT2D eigenvalue weighted by atomic mass is 35.5. The molecule has 3 rings (SSSR count). The predicted octanol–water partition coefficient (Wildman–Crippen LogP) is 5.57. The number of hydrogen-bond acceptors (Lipinski definition) is 1. The molecule has 116 valence electrons. The molecule has 1 aromatic rings. The van der Waals surface area contributed by atoms with Crippen LogP contribution in [-0.2, 0) is 0 Å². The molecule has 0 fully saturated rings. The zero-order valence-corrected chi connectivity index (χ0v) is 14.6. The predicted molar refractivity (Wildman–Crippen MR) is 98.2 cm³/mol. The fourth-order valence-corrected chi connectivity index (χ4v) is 4.69. The Hall–Kier alpha value is -0.985. The number of halogens is 1. The summed E-state index contributed by atoms with van der Waals surface area (Å²) in [4.78, 5) is 2.42. The molecule has 0 aromatic heterocycles. The molecule has 0 saturated carbocycles. The molecule has 0 amide bonds.